The second-order valence-electron chi connectivity index (χ2n) is 10.8. The number of carbonyl (C=O) groups excluding carboxylic acids is 1. The Hall–Kier alpha value is -2.98. The first kappa shape index (κ1) is 27.2. The number of sulfonamides is 1. The molecule has 0 aromatic heterocycles. The first-order valence-electron chi connectivity index (χ1n) is 13.4. The molecule has 10 heteroatoms. The summed E-state index contributed by atoms with van der Waals surface area (Å²) in [4.78, 5) is 15.5. The molecule has 0 amide bonds. The molecule has 3 atom stereocenters. The van der Waals surface area contributed by atoms with Crippen molar-refractivity contribution >= 4 is 33.3 Å². The van der Waals surface area contributed by atoms with Crippen LogP contribution in [-0.2, 0) is 26.2 Å². The van der Waals surface area contributed by atoms with Crippen molar-refractivity contribution in [1.82, 2.24) is 4.31 Å². The summed E-state index contributed by atoms with van der Waals surface area (Å²) in [5.41, 5.74) is 2.68. The van der Waals surface area contributed by atoms with E-state index in [4.69, 9.17) is 21.1 Å². The Kier molecular flexibility index (Phi) is 6.89. The summed E-state index contributed by atoms with van der Waals surface area (Å²) in [6.07, 6.45) is 1.15. The first-order valence-corrected chi connectivity index (χ1v) is 15.2. The molecule has 40 heavy (non-hydrogen) atoms. The van der Waals surface area contributed by atoms with Crippen molar-refractivity contribution in [2.24, 2.45) is 0 Å². The number of halogens is 2. The van der Waals surface area contributed by atoms with Gasteiger partial charge in [0.1, 0.15) is 22.5 Å². The van der Waals surface area contributed by atoms with Gasteiger partial charge in [0.15, 0.2) is 0 Å². The molecule has 1 saturated carbocycles. The zero-order valence-corrected chi connectivity index (χ0v) is 24.0. The van der Waals surface area contributed by atoms with Gasteiger partial charge >= 0.3 is 5.97 Å². The van der Waals surface area contributed by atoms with Gasteiger partial charge in [0.05, 0.1) is 25.1 Å². The molecule has 0 saturated heterocycles. The highest BCUT2D eigenvalue weighted by Gasteiger charge is 2.51. The van der Waals surface area contributed by atoms with Crippen LogP contribution in [0.3, 0.4) is 0 Å². The molecule has 3 aromatic rings. The molecule has 1 fully saturated rings. The number of rotatable bonds is 6. The zero-order chi connectivity index (χ0) is 28.3. The maximum Gasteiger partial charge on any atom is 0.330 e. The van der Waals surface area contributed by atoms with E-state index in [9.17, 15) is 13.2 Å². The minimum atomic E-state index is -4.26. The SMILES string of the molecule is Cc1ccc(F)c2c1OC(=O)[C@@H](N1CN(C3CC3)c3cc(Cl)cc(C(C)OCc4ccccc4)c3S1(=O)=O)C2C. The molecule has 3 aliphatic rings. The minimum absolute atomic E-state index is 0.0612. The highest BCUT2D eigenvalue weighted by atomic mass is 35.5. The topological polar surface area (TPSA) is 76.2 Å². The summed E-state index contributed by atoms with van der Waals surface area (Å²) in [5, 5.41) is 0.398. The molecule has 0 radical (unpaired) electrons. The second kappa shape index (κ2) is 10.1. The summed E-state index contributed by atoms with van der Waals surface area (Å²) in [5.74, 6) is -1.86. The maximum absolute atomic E-state index is 15.1. The Morgan fingerprint density at radius 3 is 2.58 bits per heavy atom. The van der Waals surface area contributed by atoms with Gasteiger partial charge in [-0.05, 0) is 56.0 Å². The molecule has 2 unspecified atom stereocenters. The van der Waals surface area contributed by atoms with E-state index in [2.05, 4.69) is 0 Å². The van der Waals surface area contributed by atoms with Gasteiger partial charge in [0.2, 0.25) is 10.0 Å². The number of nitrogens with zero attached hydrogens (tertiary/aromatic N) is 2. The summed E-state index contributed by atoms with van der Waals surface area (Å²) in [6, 6.07) is 14.6. The van der Waals surface area contributed by atoms with Gasteiger partial charge in [-0.2, -0.15) is 4.31 Å². The lowest BCUT2D eigenvalue weighted by molar-refractivity contribution is -0.141. The van der Waals surface area contributed by atoms with Gasteiger partial charge in [-0.25, -0.2) is 17.6 Å². The zero-order valence-electron chi connectivity index (χ0n) is 22.4. The summed E-state index contributed by atoms with van der Waals surface area (Å²) in [7, 11) is -4.26. The van der Waals surface area contributed by atoms with Crippen LogP contribution in [0.15, 0.2) is 59.5 Å². The maximum atomic E-state index is 15.1. The van der Waals surface area contributed by atoms with Gasteiger partial charge in [-0.15, -0.1) is 0 Å². The van der Waals surface area contributed by atoms with Crippen LogP contribution in [-0.4, -0.2) is 37.4 Å². The fourth-order valence-corrected chi connectivity index (χ4v) is 8.03. The van der Waals surface area contributed by atoms with E-state index in [1.54, 1.807) is 39.0 Å². The predicted octanol–water partition coefficient (Wildman–Crippen LogP) is 6.09. The number of fused-ring (bicyclic) bond motifs is 2. The van der Waals surface area contributed by atoms with E-state index in [1.807, 2.05) is 35.2 Å². The Bertz CT molecular complexity index is 1600. The number of hydrogen-bond donors (Lipinski definition) is 0. The van der Waals surface area contributed by atoms with Crippen molar-refractivity contribution in [3.63, 3.8) is 0 Å². The molecule has 210 valence electrons. The second-order valence-corrected chi connectivity index (χ2v) is 13.0. The molecule has 0 bridgehead atoms. The average molecular weight is 585 g/mol. The highest BCUT2D eigenvalue weighted by molar-refractivity contribution is 7.89. The summed E-state index contributed by atoms with van der Waals surface area (Å²) in [6.45, 7) is 5.41. The predicted molar refractivity (Wildman–Crippen MR) is 149 cm³/mol. The van der Waals surface area contributed by atoms with E-state index in [0.717, 1.165) is 18.4 Å². The largest absolute Gasteiger partial charge is 0.425 e. The number of ether oxygens (including phenoxy) is 2. The fraction of sp³-hybridized carbons (Fsp3) is 0.367. The van der Waals surface area contributed by atoms with Crippen molar-refractivity contribution < 1.29 is 27.1 Å². The Labute approximate surface area is 238 Å². The number of anilines is 1. The Balaban J connectivity index is 1.44. The molecule has 2 aliphatic heterocycles. The monoisotopic (exact) mass is 584 g/mol. The molecule has 0 spiro atoms. The molecule has 6 rings (SSSR count). The quantitative estimate of drug-likeness (QED) is 0.258. The van der Waals surface area contributed by atoms with E-state index in [0.29, 0.717) is 21.8 Å². The lowest BCUT2D eigenvalue weighted by Crippen LogP contribution is -2.58. The Morgan fingerprint density at radius 1 is 1.15 bits per heavy atom. The number of aryl methyl sites for hydroxylation is 1. The lowest BCUT2D eigenvalue weighted by atomic mass is 9.88. The molecule has 2 heterocycles. The van der Waals surface area contributed by atoms with E-state index < -0.39 is 39.9 Å². The number of esters is 1. The van der Waals surface area contributed by atoms with Crippen LogP contribution in [0.5, 0.6) is 5.75 Å². The standard InChI is InChI=1S/C30H30ClFN2O5S/c1-17-9-12-24(32)26-18(2)27(30(35)39-28(17)26)34-16-33(22-10-11-22)25-14-21(31)13-23(29(25)40(34,36)37)19(3)38-15-20-7-5-4-6-8-20/h4-9,12-14,18-19,22,27H,10-11,15-16H2,1-3H3/t18?,19?,27-/m0/s1. The van der Waals surface area contributed by atoms with Crippen LogP contribution in [0.4, 0.5) is 10.1 Å². The van der Waals surface area contributed by atoms with Crippen LogP contribution in [0.1, 0.15) is 61.0 Å². The average Bonchev–Trinajstić information content (AvgIpc) is 3.76. The van der Waals surface area contributed by atoms with Gasteiger partial charge in [0.25, 0.3) is 0 Å². The summed E-state index contributed by atoms with van der Waals surface area (Å²) < 4.78 is 56.9. The third kappa shape index (κ3) is 4.59. The minimum Gasteiger partial charge on any atom is -0.425 e. The van der Waals surface area contributed by atoms with Crippen LogP contribution >= 0.6 is 11.6 Å². The number of hydrogen-bond acceptors (Lipinski definition) is 6. The van der Waals surface area contributed by atoms with E-state index in [1.165, 1.54) is 10.4 Å². The lowest BCUT2D eigenvalue weighted by Gasteiger charge is -2.44. The number of carbonyl (C=O) groups is 1. The summed E-state index contributed by atoms with van der Waals surface area (Å²) >= 11 is 6.54. The van der Waals surface area contributed by atoms with Crippen LogP contribution in [0, 0.1) is 12.7 Å². The highest BCUT2D eigenvalue weighted by Crippen LogP contribution is 2.48. The Morgan fingerprint density at radius 2 is 1.88 bits per heavy atom. The van der Waals surface area contributed by atoms with Crippen LogP contribution in [0.25, 0.3) is 0 Å². The smallest absolute Gasteiger partial charge is 0.330 e. The third-order valence-electron chi connectivity index (χ3n) is 8.02. The van der Waals surface area contributed by atoms with Crippen molar-refractivity contribution in [2.45, 2.75) is 69.2 Å². The fourth-order valence-electron chi connectivity index (χ4n) is 5.77. The van der Waals surface area contributed by atoms with Crippen LogP contribution < -0.4 is 9.64 Å². The van der Waals surface area contributed by atoms with Gasteiger partial charge in [-0.1, -0.05) is 54.9 Å². The van der Waals surface area contributed by atoms with Crippen molar-refractivity contribution in [3.05, 3.63) is 87.7 Å². The van der Waals surface area contributed by atoms with E-state index in [-0.39, 0.29) is 35.5 Å². The molecule has 0 N–H and O–H groups in total. The van der Waals surface area contributed by atoms with Gasteiger partial charge < -0.3 is 14.4 Å². The first-order chi connectivity index (χ1) is 19.1. The molecule has 7 nitrogen and oxygen atoms in total. The van der Waals surface area contributed by atoms with E-state index >= 15 is 4.39 Å². The van der Waals surface area contributed by atoms with Gasteiger partial charge in [-0.3, -0.25) is 0 Å². The molecule has 1 aliphatic carbocycles. The van der Waals surface area contributed by atoms with Crippen molar-refractivity contribution in [3.8, 4) is 5.75 Å². The molecule has 3 aromatic carbocycles. The molecular weight excluding hydrogens is 555 g/mol. The molecular formula is C30H30ClFN2O5S. The van der Waals surface area contributed by atoms with Gasteiger partial charge in [0, 0.05) is 28.1 Å². The number of benzene rings is 3. The van der Waals surface area contributed by atoms with Crippen LogP contribution in [0.2, 0.25) is 5.02 Å². The third-order valence-corrected chi connectivity index (χ3v) is 10.2. The van der Waals surface area contributed by atoms with Crippen molar-refractivity contribution in [1.29, 1.82) is 0 Å². The normalized spacial score (nSPS) is 22.8. The van der Waals surface area contributed by atoms with Crippen molar-refractivity contribution in [2.75, 3.05) is 11.6 Å².